The molecule has 0 atom stereocenters. The van der Waals surface area contributed by atoms with E-state index in [1.165, 1.54) is 6.92 Å². The monoisotopic (exact) mass is 264 g/mol. The first-order chi connectivity index (χ1) is 8.99. The van der Waals surface area contributed by atoms with Gasteiger partial charge in [0.2, 0.25) is 5.91 Å². The number of carboxylic acids is 1. The molecule has 0 saturated heterocycles. The Bertz CT molecular complexity index is 485. The SMILES string of the molecule is CC(=O)Nc1cccc(C(=O)NCCCC(=O)O)c1. The van der Waals surface area contributed by atoms with Crippen molar-refractivity contribution in [3.05, 3.63) is 29.8 Å². The molecule has 0 saturated carbocycles. The molecule has 1 aromatic rings. The first-order valence-corrected chi connectivity index (χ1v) is 5.86. The topological polar surface area (TPSA) is 95.5 Å². The first-order valence-electron chi connectivity index (χ1n) is 5.86. The molecule has 1 rings (SSSR count). The number of aliphatic carboxylic acids is 1. The Hall–Kier alpha value is -2.37. The van der Waals surface area contributed by atoms with Gasteiger partial charge in [0.05, 0.1) is 0 Å². The minimum atomic E-state index is -0.887. The molecule has 0 aliphatic carbocycles. The molecule has 19 heavy (non-hydrogen) atoms. The normalized spacial score (nSPS) is 9.74. The quantitative estimate of drug-likeness (QED) is 0.673. The van der Waals surface area contributed by atoms with E-state index in [-0.39, 0.29) is 18.2 Å². The van der Waals surface area contributed by atoms with Crippen molar-refractivity contribution in [1.82, 2.24) is 5.32 Å². The van der Waals surface area contributed by atoms with Crippen LogP contribution in [0.5, 0.6) is 0 Å². The number of carbonyl (C=O) groups excluding carboxylic acids is 2. The molecule has 0 aliphatic heterocycles. The summed E-state index contributed by atoms with van der Waals surface area (Å²) in [5.74, 6) is -1.39. The molecule has 0 aromatic heterocycles. The summed E-state index contributed by atoms with van der Waals surface area (Å²) in [4.78, 5) is 33.0. The van der Waals surface area contributed by atoms with Gasteiger partial charge in [0, 0.05) is 31.1 Å². The molecule has 0 radical (unpaired) electrons. The van der Waals surface area contributed by atoms with Crippen LogP contribution in [0.3, 0.4) is 0 Å². The van der Waals surface area contributed by atoms with Crippen LogP contribution in [0.2, 0.25) is 0 Å². The molecule has 1 aromatic carbocycles. The highest BCUT2D eigenvalue weighted by Crippen LogP contribution is 2.10. The van der Waals surface area contributed by atoms with Crippen LogP contribution in [0, 0.1) is 0 Å². The lowest BCUT2D eigenvalue weighted by molar-refractivity contribution is -0.137. The number of carboxylic acid groups (broad SMARTS) is 1. The number of hydrogen-bond acceptors (Lipinski definition) is 3. The fourth-order valence-electron chi connectivity index (χ4n) is 1.49. The number of rotatable bonds is 6. The number of anilines is 1. The summed E-state index contributed by atoms with van der Waals surface area (Å²) in [7, 11) is 0. The molecule has 6 nitrogen and oxygen atoms in total. The van der Waals surface area contributed by atoms with Crippen molar-refractivity contribution < 1.29 is 19.5 Å². The lowest BCUT2D eigenvalue weighted by Gasteiger charge is -2.06. The Morgan fingerprint density at radius 1 is 1.26 bits per heavy atom. The van der Waals surface area contributed by atoms with Gasteiger partial charge >= 0.3 is 5.97 Å². The zero-order valence-electron chi connectivity index (χ0n) is 10.6. The number of nitrogens with one attached hydrogen (secondary N) is 2. The van der Waals surface area contributed by atoms with E-state index in [9.17, 15) is 14.4 Å². The van der Waals surface area contributed by atoms with Gasteiger partial charge in [-0.2, -0.15) is 0 Å². The van der Waals surface area contributed by atoms with E-state index in [2.05, 4.69) is 10.6 Å². The number of amides is 2. The van der Waals surface area contributed by atoms with Crippen molar-refractivity contribution in [2.45, 2.75) is 19.8 Å². The second-order valence-electron chi connectivity index (χ2n) is 4.02. The van der Waals surface area contributed by atoms with Crippen molar-refractivity contribution in [1.29, 1.82) is 0 Å². The molecule has 0 spiro atoms. The number of benzene rings is 1. The summed E-state index contributed by atoms with van der Waals surface area (Å²) < 4.78 is 0. The van der Waals surface area contributed by atoms with E-state index in [0.717, 1.165) is 0 Å². The predicted molar refractivity (Wildman–Crippen MR) is 69.9 cm³/mol. The van der Waals surface area contributed by atoms with Gasteiger partial charge < -0.3 is 15.7 Å². The van der Waals surface area contributed by atoms with Gasteiger partial charge in [-0.15, -0.1) is 0 Å². The van der Waals surface area contributed by atoms with E-state index >= 15 is 0 Å². The second kappa shape index (κ2) is 7.15. The average molecular weight is 264 g/mol. The third-order valence-corrected chi connectivity index (χ3v) is 2.30. The predicted octanol–water partition coefficient (Wildman–Crippen LogP) is 1.24. The summed E-state index contributed by atoms with van der Waals surface area (Å²) in [5.41, 5.74) is 0.965. The highest BCUT2D eigenvalue weighted by molar-refractivity contribution is 5.96. The Kier molecular flexibility index (Phi) is 5.53. The van der Waals surface area contributed by atoms with Crippen molar-refractivity contribution in [3.63, 3.8) is 0 Å². The minimum Gasteiger partial charge on any atom is -0.481 e. The molecule has 0 fully saturated rings. The molecule has 0 bridgehead atoms. The van der Waals surface area contributed by atoms with E-state index < -0.39 is 5.97 Å². The lowest BCUT2D eigenvalue weighted by Crippen LogP contribution is -2.25. The fraction of sp³-hybridized carbons (Fsp3) is 0.308. The maximum atomic E-state index is 11.8. The van der Waals surface area contributed by atoms with Gasteiger partial charge in [0.15, 0.2) is 0 Å². The third-order valence-electron chi connectivity index (χ3n) is 2.30. The second-order valence-corrected chi connectivity index (χ2v) is 4.02. The fourth-order valence-corrected chi connectivity index (χ4v) is 1.49. The third kappa shape index (κ3) is 5.67. The van der Waals surface area contributed by atoms with E-state index in [4.69, 9.17) is 5.11 Å². The van der Waals surface area contributed by atoms with Gasteiger partial charge in [-0.25, -0.2) is 0 Å². The molecular formula is C13H16N2O4. The molecular weight excluding hydrogens is 248 g/mol. The standard InChI is InChI=1S/C13H16N2O4/c1-9(16)15-11-5-2-4-10(8-11)13(19)14-7-3-6-12(17)18/h2,4-5,8H,3,6-7H2,1H3,(H,14,19)(H,15,16)(H,17,18). The first kappa shape index (κ1) is 14.7. The molecule has 6 heteroatoms. The van der Waals surface area contributed by atoms with Crippen LogP contribution in [0.25, 0.3) is 0 Å². The van der Waals surface area contributed by atoms with Crippen LogP contribution < -0.4 is 10.6 Å². The van der Waals surface area contributed by atoms with Gasteiger partial charge in [0.25, 0.3) is 5.91 Å². The van der Waals surface area contributed by atoms with Crippen molar-refractivity contribution in [2.75, 3.05) is 11.9 Å². The van der Waals surface area contributed by atoms with Crippen molar-refractivity contribution in [3.8, 4) is 0 Å². The molecule has 0 heterocycles. The summed E-state index contributed by atoms with van der Waals surface area (Å²) in [6.07, 6.45) is 0.401. The zero-order chi connectivity index (χ0) is 14.3. The van der Waals surface area contributed by atoms with Crippen LogP contribution in [0.4, 0.5) is 5.69 Å². The zero-order valence-corrected chi connectivity index (χ0v) is 10.6. The lowest BCUT2D eigenvalue weighted by atomic mass is 10.2. The van der Waals surface area contributed by atoms with Crippen LogP contribution in [-0.4, -0.2) is 29.4 Å². The molecule has 102 valence electrons. The van der Waals surface area contributed by atoms with Gasteiger partial charge in [0.1, 0.15) is 0 Å². The summed E-state index contributed by atoms with van der Waals surface area (Å²) >= 11 is 0. The highest BCUT2D eigenvalue weighted by Gasteiger charge is 2.06. The van der Waals surface area contributed by atoms with E-state index in [1.807, 2.05) is 0 Å². The molecule has 2 amide bonds. The Balaban J connectivity index is 2.52. The molecule has 0 aliphatic rings. The average Bonchev–Trinajstić information content (AvgIpc) is 2.33. The minimum absolute atomic E-state index is 0.0201. The Morgan fingerprint density at radius 2 is 2.00 bits per heavy atom. The highest BCUT2D eigenvalue weighted by atomic mass is 16.4. The Morgan fingerprint density at radius 3 is 2.63 bits per heavy atom. The maximum absolute atomic E-state index is 11.8. The van der Waals surface area contributed by atoms with Crippen LogP contribution in [0.1, 0.15) is 30.1 Å². The van der Waals surface area contributed by atoms with Crippen molar-refractivity contribution in [2.24, 2.45) is 0 Å². The van der Waals surface area contributed by atoms with Crippen LogP contribution >= 0.6 is 0 Å². The van der Waals surface area contributed by atoms with E-state index in [1.54, 1.807) is 24.3 Å². The van der Waals surface area contributed by atoms with Gasteiger partial charge in [-0.3, -0.25) is 14.4 Å². The summed E-state index contributed by atoms with van der Waals surface area (Å²) in [6, 6.07) is 6.53. The summed E-state index contributed by atoms with van der Waals surface area (Å²) in [6.45, 7) is 1.69. The smallest absolute Gasteiger partial charge is 0.303 e. The van der Waals surface area contributed by atoms with E-state index in [0.29, 0.717) is 24.2 Å². The number of hydrogen-bond donors (Lipinski definition) is 3. The molecule has 0 unspecified atom stereocenters. The van der Waals surface area contributed by atoms with Crippen LogP contribution in [0.15, 0.2) is 24.3 Å². The van der Waals surface area contributed by atoms with Gasteiger partial charge in [-0.1, -0.05) is 6.07 Å². The van der Waals surface area contributed by atoms with Crippen LogP contribution in [-0.2, 0) is 9.59 Å². The Labute approximate surface area is 110 Å². The van der Waals surface area contributed by atoms with Gasteiger partial charge in [-0.05, 0) is 24.6 Å². The summed E-state index contributed by atoms with van der Waals surface area (Å²) in [5, 5.41) is 13.7. The van der Waals surface area contributed by atoms with Crippen molar-refractivity contribution >= 4 is 23.5 Å². The maximum Gasteiger partial charge on any atom is 0.303 e. The number of carbonyl (C=O) groups is 3. The molecule has 3 N–H and O–H groups in total. The largest absolute Gasteiger partial charge is 0.481 e.